The van der Waals surface area contributed by atoms with Crippen molar-refractivity contribution in [3.8, 4) is 0 Å². The Morgan fingerprint density at radius 3 is 2.85 bits per heavy atom. The highest BCUT2D eigenvalue weighted by atomic mass is 19.4. The normalized spacial score (nSPS) is 15.0. The van der Waals surface area contributed by atoms with Gasteiger partial charge in [0, 0.05) is 25.5 Å². The largest absolute Gasteiger partial charge is 0.411 e. The van der Waals surface area contributed by atoms with Crippen LogP contribution in [0.25, 0.3) is 0 Å². The molecule has 2 rings (SSSR count). The summed E-state index contributed by atoms with van der Waals surface area (Å²) in [5.41, 5.74) is 1.81. The number of anilines is 1. The van der Waals surface area contributed by atoms with Crippen molar-refractivity contribution < 1.29 is 22.6 Å². The molecule has 0 atom stereocenters. The van der Waals surface area contributed by atoms with E-state index in [4.69, 9.17) is 4.74 Å². The molecule has 1 N–H and O–H groups in total. The van der Waals surface area contributed by atoms with Crippen molar-refractivity contribution in [2.45, 2.75) is 25.6 Å². The molecule has 1 aromatic rings. The van der Waals surface area contributed by atoms with Crippen LogP contribution < -0.4 is 5.32 Å². The molecule has 20 heavy (non-hydrogen) atoms. The van der Waals surface area contributed by atoms with E-state index >= 15 is 0 Å². The molecular formula is C12H16F3N3O2. The van der Waals surface area contributed by atoms with Gasteiger partial charge in [0.05, 0.1) is 25.5 Å². The molecule has 0 radical (unpaired) electrons. The van der Waals surface area contributed by atoms with Gasteiger partial charge in [0.25, 0.3) is 0 Å². The highest BCUT2D eigenvalue weighted by molar-refractivity contribution is 5.46. The Morgan fingerprint density at radius 1 is 1.35 bits per heavy atom. The van der Waals surface area contributed by atoms with E-state index in [-0.39, 0.29) is 13.0 Å². The van der Waals surface area contributed by atoms with Crippen molar-refractivity contribution in [1.29, 1.82) is 0 Å². The van der Waals surface area contributed by atoms with Crippen molar-refractivity contribution in [2.75, 3.05) is 32.2 Å². The zero-order chi connectivity index (χ0) is 14.6. The quantitative estimate of drug-likeness (QED) is 0.837. The van der Waals surface area contributed by atoms with Gasteiger partial charge in [-0.3, -0.25) is 0 Å². The molecule has 0 spiro atoms. The monoisotopic (exact) mass is 291 g/mol. The van der Waals surface area contributed by atoms with Crippen LogP contribution in [0, 0.1) is 0 Å². The smallest absolute Gasteiger partial charge is 0.376 e. The van der Waals surface area contributed by atoms with Crippen LogP contribution in [0.1, 0.15) is 17.1 Å². The van der Waals surface area contributed by atoms with Gasteiger partial charge in [0.1, 0.15) is 18.2 Å². The third kappa shape index (κ3) is 4.04. The summed E-state index contributed by atoms with van der Waals surface area (Å²) in [6, 6.07) is 0. The fourth-order valence-corrected chi connectivity index (χ4v) is 1.95. The van der Waals surface area contributed by atoms with Crippen molar-refractivity contribution >= 4 is 5.82 Å². The summed E-state index contributed by atoms with van der Waals surface area (Å²) in [7, 11) is 1.74. The molecule has 0 fully saturated rings. The number of hydrogen-bond donors (Lipinski definition) is 1. The highest BCUT2D eigenvalue weighted by Crippen LogP contribution is 2.22. The van der Waals surface area contributed by atoms with Crippen LogP contribution in [0.5, 0.6) is 0 Å². The molecule has 1 aliphatic rings. The first-order valence-electron chi connectivity index (χ1n) is 6.28. The first-order valence-corrected chi connectivity index (χ1v) is 6.28. The summed E-state index contributed by atoms with van der Waals surface area (Å²) in [5, 5.41) is 2.96. The minimum Gasteiger partial charge on any atom is -0.376 e. The standard InChI is InChI=1S/C12H16F3N3O2/c1-16-11-8-6-19-4-2-9(8)17-10(18-11)3-5-20-7-12(13,14)15/h2-7H2,1H3,(H,16,17,18). The van der Waals surface area contributed by atoms with E-state index in [9.17, 15) is 13.2 Å². The Bertz CT molecular complexity index is 449. The molecule has 0 unspecified atom stereocenters. The maximum Gasteiger partial charge on any atom is 0.411 e. The van der Waals surface area contributed by atoms with E-state index < -0.39 is 12.8 Å². The molecule has 0 amide bonds. The second kappa shape index (κ2) is 6.36. The number of alkyl halides is 3. The Kier molecular flexibility index (Phi) is 4.77. The van der Waals surface area contributed by atoms with Crippen molar-refractivity contribution in [3.63, 3.8) is 0 Å². The van der Waals surface area contributed by atoms with E-state index in [2.05, 4.69) is 20.0 Å². The lowest BCUT2D eigenvalue weighted by molar-refractivity contribution is -0.173. The van der Waals surface area contributed by atoms with Gasteiger partial charge in [0.2, 0.25) is 0 Å². The summed E-state index contributed by atoms with van der Waals surface area (Å²) >= 11 is 0. The van der Waals surface area contributed by atoms with E-state index in [0.717, 1.165) is 11.3 Å². The number of halogens is 3. The van der Waals surface area contributed by atoms with Gasteiger partial charge in [-0.15, -0.1) is 0 Å². The SMILES string of the molecule is CNc1nc(CCOCC(F)(F)F)nc2c1COCC2. The summed E-state index contributed by atoms with van der Waals surface area (Å²) in [5.74, 6) is 1.15. The summed E-state index contributed by atoms with van der Waals surface area (Å²) in [4.78, 5) is 8.64. The van der Waals surface area contributed by atoms with Crippen LogP contribution in [0.2, 0.25) is 0 Å². The Labute approximate surface area is 114 Å². The predicted molar refractivity (Wildman–Crippen MR) is 65.5 cm³/mol. The number of rotatable bonds is 5. The molecule has 0 aromatic carbocycles. The molecule has 8 heteroatoms. The van der Waals surface area contributed by atoms with Crippen molar-refractivity contribution in [3.05, 3.63) is 17.1 Å². The summed E-state index contributed by atoms with van der Waals surface area (Å²) in [6.07, 6.45) is -3.37. The van der Waals surface area contributed by atoms with Gasteiger partial charge < -0.3 is 14.8 Å². The third-order valence-corrected chi connectivity index (χ3v) is 2.84. The minimum absolute atomic E-state index is 0.0576. The summed E-state index contributed by atoms with van der Waals surface area (Å²) in [6.45, 7) is -0.254. The first-order chi connectivity index (χ1) is 9.49. The minimum atomic E-state index is -4.30. The number of aromatic nitrogens is 2. The number of nitrogens with one attached hydrogen (secondary N) is 1. The first kappa shape index (κ1) is 15.0. The zero-order valence-corrected chi connectivity index (χ0v) is 11.1. The lowest BCUT2D eigenvalue weighted by atomic mass is 10.1. The molecule has 112 valence electrons. The van der Waals surface area contributed by atoms with Crippen LogP contribution in [-0.4, -0.2) is 43.0 Å². The van der Waals surface area contributed by atoms with Crippen LogP contribution in [0.15, 0.2) is 0 Å². The number of fused-ring (bicyclic) bond motifs is 1. The topological polar surface area (TPSA) is 56.3 Å². The Hall–Kier alpha value is -1.41. The lowest BCUT2D eigenvalue weighted by Crippen LogP contribution is -2.20. The van der Waals surface area contributed by atoms with E-state index in [1.165, 1.54) is 0 Å². The lowest BCUT2D eigenvalue weighted by Gasteiger charge is -2.19. The fraction of sp³-hybridized carbons (Fsp3) is 0.667. The van der Waals surface area contributed by atoms with Crippen LogP contribution in [-0.2, 0) is 28.9 Å². The van der Waals surface area contributed by atoms with Gasteiger partial charge in [0.15, 0.2) is 0 Å². The summed E-state index contributed by atoms with van der Waals surface area (Å²) < 4.78 is 45.7. The van der Waals surface area contributed by atoms with Gasteiger partial charge >= 0.3 is 6.18 Å². The van der Waals surface area contributed by atoms with Crippen molar-refractivity contribution in [2.24, 2.45) is 0 Å². The molecule has 1 aliphatic heterocycles. The highest BCUT2D eigenvalue weighted by Gasteiger charge is 2.27. The van der Waals surface area contributed by atoms with Gasteiger partial charge in [-0.1, -0.05) is 0 Å². The van der Waals surface area contributed by atoms with Gasteiger partial charge in [-0.05, 0) is 0 Å². The second-order valence-corrected chi connectivity index (χ2v) is 4.38. The molecule has 2 heterocycles. The molecule has 5 nitrogen and oxygen atoms in total. The zero-order valence-electron chi connectivity index (χ0n) is 11.1. The molecular weight excluding hydrogens is 275 g/mol. The number of hydrogen-bond acceptors (Lipinski definition) is 5. The molecule has 0 bridgehead atoms. The van der Waals surface area contributed by atoms with E-state index in [1.54, 1.807) is 7.05 Å². The fourth-order valence-electron chi connectivity index (χ4n) is 1.95. The molecule has 0 aliphatic carbocycles. The predicted octanol–water partition coefficient (Wildman–Crippen LogP) is 1.71. The molecule has 0 saturated carbocycles. The van der Waals surface area contributed by atoms with Crippen LogP contribution in [0.3, 0.4) is 0 Å². The number of ether oxygens (including phenoxy) is 2. The van der Waals surface area contributed by atoms with Crippen LogP contribution in [0.4, 0.5) is 19.0 Å². The average Bonchev–Trinajstić information content (AvgIpc) is 2.41. The van der Waals surface area contributed by atoms with Crippen molar-refractivity contribution in [1.82, 2.24) is 9.97 Å². The number of nitrogens with zero attached hydrogens (tertiary/aromatic N) is 2. The second-order valence-electron chi connectivity index (χ2n) is 4.38. The van der Waals surface area contributed by atoms with Gasteiger partial charge in [-0.2, -0.15) is 13.2 Å². The maximum atomic E-state index is 11.9. The van der Waals surface area contributed by atoms with Crippen LogP contribution >= 0.6 is 0 Å². The third-order valence-electron chi connectivity index (χ3n) is 2.84. The average molecular weight is 291 g/mol. The maximum absolute atomic E-state index is 11.9. The molecule has 1 aromatic heterocycles. The molecule has 0 saturated heterocycles. The Balaban J connectivity index is 1.98. The Morgan fingerprint density at radius 2 is 2.15 bits per heavy atom. The van der Waals surface area contributed by atoms with E-state index in [1.807, 2.05) is 0 Å². The van der Waals surface area contributed by atoms with E-state index in [0.29, 0.717) is 31.3 Å². The van der Waals surface area contributed by atoms with Gasteiger partial charge in [-0.25, -0.2) is 9.97 Å².